The van der Waals surface area contributed by atoms with Crippen molar-refractivity contribution < 1.29 is 0 Å². The summed E-state index contributed by atoms with van der Waals surface area (Å²) in [7, 11) is 0. The maximum Gasteiger partial charge on any atom is 0.144 e. The van der Waals surface area contributed by atoms with Crippen LogP contribution in [0.4, 0.5) is 5.82 Å². The molecular formula is C15H21N5. The first-order valence-electron chi connectivity index (χ1n) is 6.81. The highest BCUT2D eigenvalue weighted by molar-refractivity contribution is 5.29. The molecule has 0 radical (unpaired) electrons. The van der Waals surface area contributed by atoms with E-state index in [1.54, 1.807) is 6.07 Å². The Bertz CT molecular complexity index is 562. The lowest BCUT2D eigenvalue weighted by molar-refractivity contribution is 0.261. The predicted octanol–water partition coefficient (Wildman–Crippen LogP) is 2.09. The lowest BCUT2D eigenvalue weighted by Gasteiger charge is -2.19. The van der Waals surface area contributed by atoms with Gasteiger partial charge in [-0.05, 0) is 32.5 Å². The molecule has 0 unspecified atom stereocenters. The summed E-state index contributed by atoms with van der Waals surface area (Å²) in [6.45, 7) is 8.43. The van der Waals surface area contributed by atoms with Crippen molar-refractivity contribution in [1.29, 1.82) is 0 Å². The van der Waals surface area contributed by atoms with E-state index in [0.717, 1.165) is 36.0 Å². The van der Waals surface area contributed by atoms with Crippen LogP contribution in [0.25, 0.3) is 0 Å². The van der Waals surface area contributed by atoms with Crippen LogP contribution in [-0.4, -0.2) is 26.4 Å². The molecule has 0 bridgehead atoms. The molecule has 20 heavy (non-hydrogen) atoms. The van der Waals surface area contributed by atoms with Crippen LogP contribution >= 0.6 is 0 Å². The first kappa shape index (κ1) is 14.4. The van der Waals surface area contributed by atoms with Gasteiger partial charge in [-0.2, -0.15) is 0 Å². The molecule has 0 atom stereocenters. The van der Waals surface area contributed by atoms with Gasteiger partial charge < -0.3 is 5.73 Å². The fraction of sp³-hybridized carbons (Fsp3) is 0.400. The van der Waals surface area contributed by atoms with E-state index >= 15 is 0 Å². The molecule has 0 aliphatic carbocycles. The molecule has 2 N–H and O–H groups in total. The summed E-state index contributed by atoms with van der Waals surface area (Å²) >= 11 is 0. The molecular weight excluding hydrogens is 250 g/mol. The van der Waals surface area contributed by atoms with E-state index in [1.165, 1.54) is 0 Å². The summed E-state index contributed by atoms with van der Waals surface area (Å²) in [4.78, 5) is 15.5. The van der Waals surface area contributed by atoms with Crippen molar-refractivity contribution in [3.8, 4) is 0 Å². The minimum Gasteiger partial charge on any atom is -0.384 e. The van der Waals surface area contributed by atoms with Crippen molar-refractivity contribution in [2.24, 2.45) is 0 Å². The van der Waals surface area contributed by atoms with Gasteiger partial charge in [0.15, 0.2) is 0 Å². The summed E-state index contributed by atoms with van der Waals surface area (Å²) in [5.41, 5.74) is 8.77. The summed E-state index contributed by atoms with van der Waals surface area (Å²) in [5, 5.41) is 0. The number of aryl methyl sites for hydroxylation is 2. The Balaban J connectivity index is 2.09. The molecule has 2 aromatic heterocycles. The highest BCUT2D eigenvalue weighted by Crippen LogP contribution is 2.08. The summed E-state index contributed by atoms with van der Waals surface area (Å²) < 4.78 is 0. The second-order valence-corrected chi connectivity index (χ2v) is 4.92. The number of hydrogen-bond donors (Lipinski definition) is 1. The lowest BCUT2D eigenvalue weighted by atomic mass is 10.3. The molecule has 2 heterocycles. The van der Waals surface area contributed by atoms with E-state index in [-0.39, 0.29) is 0 Å². The minimum absolute atomic E-state index is 0.525. The molecule has 106 valence electrons. The van der Waals surface area contributed by atoms with E-state index in [9.17, 15) is 0 Å². The average molecular weight is 271 g/mol. The van der Waals surface area contributed by atoms with Crippen LogP contribution in [-0.2, 0) is 13.1 Å². The first-order valence-corrected chi connectivity index (χ1v) is 6.81. The zero-order valence-electron chi connectivity index (χ0n) is 12.3. The molecule has 0 aliphatic heterocycles. The van der Waals surface area contributed by atoms with E-state index in [1.807, 2.05) is 32.0 Å². The number of aromatic nitrogens is 3. The molecule has 0 fully saturated rings. The van der Waals surface area contributed by atoms with Crippen LogP contribution in [0.2, 0.25) is 0 Å². The van der Waals surface area contributed by atoms with Gasteiger partial charge in [0, 0.05) is 24.0 Å². The molecule has 0 saturated carbocycles. The number of nitrogens with two attached hydrogens (primary N) is 1. The Morgan fingerprint density at radius 3 is 2.50 bits per heavy atom. The van der Waals surface area contributed by atoms with Crippen LogP contribution in [0.3, 0.4) is 0 Å². The summed E-state index contributed by atoms with van der Waals surface area (Å²) in [5.74, 6) is 1.29. The van der Waals surface area contributed by atoms with Crippen molar-refractivity contribution in [3.63, 3.8) is 0 Å². The van der Waals surface area contributed by atoms with Crippen LogP contribution in [0.5, 0.6) is 0 Å². The Kier molecular flexibility index (Phi) is 4.63. The zero-order chi connectivity index (χ0) is 14.5. The van der Waals surface area contributed by atoms with Crippen LogP contribution < -0.4 is 5.73 Å². The van der Waals surface area contributed by atoms with Crippen molar-refractivity contribution in [1.82, 2.24) is 19.9 Å². The molecule has 0 spiro atoms. The molecule has 2 rings (SSSR count). The second kappa shape index (κ2) is 6.43. The van der Waals surface area contributed by atoms with E-state index < -0.39 is 0 Å². The number of hydrogen-bond acceptors (Lipinski definition) is 5. The normalized spacial score (nSPS) is 11.0. The SMILES string of the molecule is CCN(Cc1cccc(C)n1)Cc1nc(C)cc(N)n1. The van der Waals surface area contributed by atoms with Gasteiger partial charge >= 0.3 is 0 Å². The van der Waals surface area contributed by atoms with E-state index in [0.29, 0.717) is 12.4 Å². The maximum absolute atomic E-state index is 5.77. The number of nitrogen functional groups attached to an aromatic ring is 1. The molecule has 0 amide bonds. The first-order chi connectivity index (χ1) is 9.56. The van der Waals surface area contributed by atoms with Gasteiger partial charge in [-0.1, -0.05) is 13.0 Å². The van der Waals surface area contributed by atoms with E-state index in [4.69, 9.17) is 5.73 Å². The van der Waals surface area contributed by atoms with Crippen LogP contribution in [0.15, 0.2) is 24.3 Å². The minimum atomic E-state index is 0.525. The molecule has 0 aliphatic rings. The van der Waals surface area contributed by atoms with Crippen molar-refractivity contribution >= 4 is 5.82 Å². The highest BCUT2D eigenvalue weighted by atomic mass is 15.1. The topological polar surface area (TPSA) is 67.9 Å². The number of anilines is 1. The van der Waals surface area contributed by atoms with Gasteiger partial charge in [0.2, 0.25) is 0 Å². The van der Waals surface area contributed by atoms with Crippen molar-refractivity contribution in [2.45, 2.75) is 33.9 Å². The van der Waals surface area contributed by atoms with Crippen molar-refractivity contribution in [2.75, 3.05) is 12.3 Å². The largest absolute Gasteiger partial charge is 0.384 e. The molecule has 5 nitrogen and oxygen atoms in total. The lowest BCUT2D eigenvalue weighted by Crippen LogP contribution is -2.24. The number of rotatable bonds is 5. The van der Waals surface area contributed by atoms with Crippen LogP contribution in [0.1, 0.15) is 29.8 Å². The van der Waals surface area contributed by atoms with Crippen LogP contribution in [0, 0.1) is 13.8 Å². The van der Waals surface area contributed by atoms with Gasteiger partial charge in [0.1, 0.15) is 11.6 Å². The zero-order valence-corrected chi connectivity index (χ0v) is 12.3. The highest BCUT2D eigenvalue weighted by Gasteiger charge is 2.09. The van der Waals surface area contributed by atoms with Gasteiger partial charge in [0.05, 0.1) is 12.2 Å². The Labute approximate surface area is 119 Å². The third kappa shape index (κ3) is 3.99. The summed E-state index contributed by atoms with van der Waals surface area (Å²) in [6, 6.07) is 7.86. The predicted molar refractivity (Wildman–Crippen MR) is 79.9 cm³/mol. The third-order valence-corrected chi connectivity index (χ3v) is 3.06. The monoisotopic (exact) mass is 271 g/mol. The Morgan fingerprint density at radius 1 is 1.05 bits per heavy atom. The maximum atomic E-state index is 5.77. The Hall–Kier alpha value is -2.01. The molecule has 0 aromatic carbocycles. The average Bonchev–Trinajstić information content (AvgIpc) is 2.36. The number of nitrogens with zero attached hydrogens (tertiary/aromatic N) is 4. The molecule has 5 heteroatoms. The van der Waals surface area contributed by atoms with E-state index in [2.05, 4.69) is 26.8 Å². The fourth-order valence-corrected chi connectivity index (χ4v) is 2.12. The van der Waals surface area contributed by atoms with Gasteiger partial charge in [-0.3, -0.25) is 9.88 Å². The third-order valence-electron chi connectivity index (χ3n) is 3.06. The van der Waals surface area contributed by atoms with Gasteiger partial charge in [-0.15, -0.1) is 0 Å². The van der Waals surface area contributed by atoms with Gasteiger partial charge in [0.25, 0.3) is 0 Å². The standard InChI is InChI=1S/C15H21N5/c1-4-20(9-13-7-5-6-11(2)17-13)10-15-18-12(3)8-14(16)19-15/h5-8H,4,9-10H2,1-3H3,(H2,16,18,19). The number of pyridine rings is 1. The second-order valence-electron chi connectivity index (χ2n) is 4.92. The Morgan fingerprint density at radius 2 is 1.85 bits per heavy atom. The fourth-order valence-electron chi connectivity index (χ4n) is 2.12. The quantitative estimate of drug-likeness (QED) is 0.902. The summed E-state index contributed by atoms with van der Waals surface area (Å²) in [6.07, 6.45) is 0. The molecule has 0 saturated heterocycles. The van der Waals surface area contributed by atoms with Gasteiger partial charge in [-0.25, -0.2) is 9.97 Å². The molecule has 2 aromatic rings. The smallest absolute Gasteiger partial charge is 0.144 e. The van der Waals surface area contributed by atoms with Crippen molar-refractivity contribution in [3.05, 3.63) is 47.2 Å².